The summed E-state index contributed by atoms with van der Waals surface area (Å²) in [6, 6.07) is -4.55. The second kappa shape index (κ2) is 14.2. The van der Waals surface area contributed by atoms with Gasteiger partial charge in [-0.2, -0.15) is 11.8 Å². The first-order chi connectivity index (χ1) is 16.0. The Hall–Kier alpha value is -3.13. The van der Waals surface area contributed by atoms with Gasteiger partial charge in [0, 0.05) is 18.3 Å². The third-order valence-corrected chi connectivity index (χ3v) is 5.49. The zero-order valence-electron chi connectivity index (χ0n) is 19.4. The molecule has 0 fully saturated rings. The number of aromatic amines is 1. The fourth-order valence-corrected chi connectivity index (χ4v) is 3.43. The number of H-pyrrole nitrogens is 1. The molecule has 13 nitrogen and oxygen atoms in total. The first kappa shape index (κ1) is 28.9. The number of rotatable bonds is 15. The van der Waals surface area contributed by atoms with E-state index in [9.17, 15) is 29.1 Å². The Kier molecular flexibility index (Phi) is 12.1. The van der Waals surface area contributed by atoms with Gasteiger partial charge in [-0.1, -0.05) is 13.8 Å². The van der Waals surface area contributed by atoms with E-state index < -0.39 is 60.2 Å². The summed E-state index contributed by atoms with van der Waals surface area (Å²) < 4.78 is 0. The van der Waals surface area contributed by atoms with Gasteiger partial charge in [0.05, 0.1) is 18.8 Å². The van der Waals surface area contributed by atoms with Crippen LogP contribution in [-0.4, -0.2) is 80.8 Å². The van der Waals surface area contributed by atoms with Crippen LogP contribution in [0.3, 0.4) is 0 Å². The average Bonchev–Trinajstić information content (AvgIpc) is 3.26. The van der Waals surface area contributed by atoms with E-state index in [0.29, 0.717) is 11.4 Å². The summed E-state index contributed by atoms with van der Waals surface area (Å²) in [5.41, 5.74) is 11.6. The molecule has 0 saturated carbocycles. The second-order valence-corrected chi connectivity index (χ2v) is 9.02. The number of imidazole rings is 1. The molecule has 4 atom stereocenters. The first-order valence-electron chi connectivity index (χ1n) is 10.6. The largest absolute Gasteiger partial charge is 0.480 e. The Balaban J connectivity index is 2.89. The Morgan fingerprint density at radius 2 is 1.74 bits per heavy atom. The molecule has 4 amide bonds. The van der Waals surface area contributed by atoms with E-state index in [0.717, 1.165) is 0 Å². The predicted octanol–water partition coefficient (Wildman–Crippen LogP) is -1.90. The van der Waals surface area contributed by atoms with Crippen molar-refractivity contribution in [3.63, 3.8) is 0 Å². The summed E-state index contributed by atoms with van der Waals surface area (Å²) in [7, 11) is 0. The van der Waals surface area contributed by atoms with Gasteiger partial charge in [0.25, 0.3) is 0 Å². The first-order valence-corrected chi connectivity index (χ1v) is 12.0. The van der Waals surface area contributed by atoms with Crippen molar-refractivity contribution in [3.8, 4) is 0 Å². The number of carbonyl (C=O) groups excluding carboxylic acids is 4. The highest BCUT2D eigenvalue weighted by Gasteiger charge is 2.32. The van der Waals surface area contributed by atoms with E-state index in [1.54, 1.807) is 13.8 Å². The Bertz CT molecular complexity index is 848. The number of amides is 4. The van der Waals surface area contributed by atoms with Crippen LogP contribution in [0.1, 0.15) is 32.4 Å². The monoisotopic (exact) mass is 499 g/mol. The molecular formula is C20H33N7O6S. The van der Waals surface area contributed by atoms with Crippen molar-refractivity contribution in [2.45, 2.75) is 57.3 Å². The molecule has 0 aliphatic heterocycles. The third-order valence-electron chi connectivity index (χ3n) is 4.84. The minimum atomic E-state index is -1.53. The van der Waals surface area contributed by atoms with Gasteiger partial charge < -0.3 is 37.5 Å². The SMILES string of the molecule is CSCCC(NC(=O)C(NC(=O)C(N)Cc1cnc[nH]1)C(C)C)C(=O)NC(CC(N)=O)C(=O)O. The smallest absolute Gasteiger partial charge is 0.326 e. The van der Waals surface area contributed by atoms with Crippen LogP contribution in [0.25, 0.3) is 0 Å². The van der Waals surface area contributed by atoms with Gasteiger partial charge in [0.2, 0.25) is 23.6 Å². The van der Waals surface area contributed by atoms with Crippen LogP contribution in [0.4, 0.5) is 0 Å². The van der Waals surface area contributed by atoms with Gasteiger partial charge in [0.1, 0.15) is 18.1 Å². The molecule has 1 heterocycles. The van der Waals surface area contributed by atoms with Crippen molar-refractivity contribution in [3.05, 3.63) is 18.2 Å². The van der Waals surface area contributed by atoms with E-state index >= 15 is 0 Å². The van der Waals surface area contributed by atoms with Gasteiger partial charge in [-0.05, 0) is 24.3 Å². The number of nitrogens with zero attached hydrogens (tertiary/aromatic N) is 1. The lowest BCUT2D eigenvalue weighted by atomic mass is 10.0. The van der Waals surface area contributed by atoms with Crippen molar-refractivity contribution in [1.29, 1.82) is 0 Å². The number of aromatic nitrogens is 2. The standard InChI is InChI=1S/C20H33N7O6S/c1-10(2)16(27-17(29)12(21)6-11-8-23-9-24-11)19(31)25-13(4-5-34-3)18(30)26-14(20(32)33)7-15(22)28/h8-10,12-14,16H,4-7,21H2,1-3H3,(H2,22,28)(H,23,24)(H,25,31)(H,26,30)(H,27,29)(H,32,33). The number of carboxylic acid groups (broad SMARTS) is 1. The molecule has 0 aliphatic rings. The van der Waals surface area contributed by atoms with Crippen molar-refractivity contribution in [2.24, 2.45) is 17.4 Å². The molecule has 4 unspecified atom stereocenters. The fourth-order valence-electron chi connectivity index (χ4n) is 2.96. The van der Waals surface area contributed by atoms with Crippen LogP contribution >= 0.6 is 11.8 Å². The van der Waals surface area contributed by atoms with Crippen LogP contribution < -0.4 is 27.4 Å². The minimum absolute atomic E-state index is 0.188. The summed E-state index contributed by atoms with van der Waals surface area (Å²) >= 11 is 1.43. The van der Waals surface area contributed by atoms with Crippen molar-refractivity contribution in [1.82, 2.24) is 25.9 Å². The highest BCUT2D eigenvalue weighted by molar-refractivity contribution is 7.98. The van der Waals surface area contributed by atoms with Crippen LogP contribution in [0, 0.1) is 5.92 Å². The number of nitrogens with one attached hydrogen (secondary N) is 4. The maximum Gasteiger partial charge on any atom is 0.326 e. The summed E-state index contributed by atoms with van der Waals surface area (Å²) in [5, 5.41) is 16.7. The highest BCUT2D eigenvalue weighted by atomic mass is 32.2. The Labute approximate surface area is 201 Å². The highest BCUT2D eigenvalue weighted by Crippen LogP contribution is 2.07. The normalized spacial score (nSPS) is 14.5. The van der Waals surface area contributed by atoms with Gasteiger partial charge >= 0.3 is 5.97 Å². The number of carboxylic acids is 1. The number of thioether (sulfide) groups is 1. The Morgan fingerprint density at radius 1 is 1.09 bits per heavy atom. The molecule has 1 rings (SSSR count). The van der Waals surface area contributed by atoms with Crippen LogP contribution in [0.5, 0.6) is 0 Å². The number of hydrogen-bond donors (Lipinski definition) is 7. The van der Waals surface area contributed by atoms with Gasteiger partial charge in [-0.15, -0.1) is 0 Å². The molecule has 0 saturated heterocycles. The predicted molar refractivity (Wildman–Crippen MR) is 125 cm³/mol. The third kappa shape index (κ3) is 9.79. The molecule has 9 N–H and O–H groups in total. The van der Waals surface area contributed by atoms with Crippen molar-refractivity contribution >= 4 is 41.4 Å². The number of hydrogen-bond acceptors (Lipinski definition) is 8. The fraction of sp³-hybridized carbons (Fsp3) is 0.600. The quantitative estimate of drug-likeness (QED) is 0.143. The molecular weight excluding hydrogens is 466 g/mol. The molecule has 0 aromatic carbocycles. The lowest BCUT2D eigenvalue weighted by Gasteiger charge is -2.26. The van der Waals surface area contributed by atoms with Crippen LogP contribution in [0.15, 0.2) is 12.5 Å². The molecule has 190 valence electrons. The van der Waals surface area contributed by atoms with Crippen LogP contribution in [0.2, 0.25) is 0 Å². The van der Waals surface area contributed by atoms with Crippen molar-refractivity contribution in [2.75, 3.05) is 12.0 Å². The van der Waals surface area contributed by atoms with Gasteiger partial charge in [-0.25, -0.2) is 9.78 Å². The lowest BCUT2D eigenvalue weighted by molar-refractivity contribution is -0.143. The average molecular weight is 500 g/mol. The molecule has 14 heteroatoms. The Morgan fingerprint density at radius 3 is 2.24 bits per heavy atom. The molecule has 34 heavy (non-hydrogen) atoms. The number of carbonyl (C=O) groups is 5. The summed E-state index contributed by atoms with van der Waals surface area (Å²) in [5.74, 6) is -4.14. The molecule has 0 bridgehead atoms. The molecule has 1 aromatic heterocycles. The van der Waals surface area contributed by atoms with E-state index in [4.69, 9.17) is 11.5 Å². The van der Waals surface area contributed by atoms with E-state index in [-0.39, 0.29) is 18.8 Å². The lowest BCUT2D eigenvalue weighted by Crippen LogP contribution is -2.58. The molecule has 0 aliphatic carbocycles. The van der Waals surface area contributed by atoms with Gasteiger partial charge in [0.15, 0.2) is 0 Å². The van der Waals surface area contributed by atoms with Gasteiger partial charge in [-0.3, -0.25) is 19.2 Å². The number of primary amides is 1. The van der Waals surface area contributed by atoms with Crippen LogP contribution in [-0.2, 0) is 30.4 Å². The van der Waals surface area contributed by atoms with Crippen molar-refractivity contribution < 1.29 is 29.1 Å². The molecule has 0 radical (unpaired) electrons. The minimum Gasteiger partial charge on any atom is -0.480 e. The summed E-state index contributed by atoms with van der Waals surface area (Å²) in [4.78, 5) is 67.4. The zero-order chi connectivity index (χ0) is 25.8. The molecule has 0 spiro atoms. The second-order valence-electron chi connectivity index (χ2n) is 8.03. The molecule has 1 aromatic rings. The summed E-state index contributed by atoms with van der Waals surface area (Å²) in [6.45, 7) is 3.43. The summed E-state index contributed by atoms with van der Waals surface area (Å²) in [6.07, 6.45) is 4.60. The van der Waals surface area contributed by atoms with E-state index in [1.807, 2.05) is 6.26 Å². The maximum atomic E-state index is 13.0. The maximum absolute atomic E-state index is 13.0. The van der Waals surface area contributed by atoms with E-state index in [2.05, 4.69) is 25.9 Å². The topological polar surface area (TPSA) is 222 Å². The number of nitrogens with two attached hydrogens (primary N) is 2. The zero-order valence-corrected chi connectivity index (χ0v) is 20.2. The number of aliphatic carboxylic acids is 1. The van der Waals surface area contributed by atoms with E-state index in [1.165, 1.54) is 24.3 Å².